The average Bonchev–Trinajstić information content (AvgIpc) is 3.11. The molecule has 2 atom stereocenters. The number of aliphatic carboxylic acids is 1. The second kappa shape index (κ2) is 11.4. The van der Waals surface area contributed by atoms with E-state index in [0.29, 0.717) is 11.8 Å². The molecule has 1 aliphatic rings. The lowest BCUT2D eigenvalue weighted by molar-refractivity contribution is -0.144. The number of ketones is 1. The topological polar surface area (TPSA) is 95.9 Å². The Morgan fingerprint density at radius 1 is 1.16 bits per heavy atom. The highest BCUT2D eigenvalue weighted by Crippen LogP contribution is 2.35. The van der Waals surface area contributed by atoms with Crippen molar-refractivity contribution in [3.05, 3.63) is 53.6 Å². The van der Waals surface area contributed by atoms with Gasteiger partial charge in [-0.05, 0) is 94.6 Å². The summed E-state index contributed by atoms with van der Waals surface area (Å²) in [4.78, 5) is 23.2. The summed E-state index contributed by atoms with van der Waals surface area (Å²) in [5.74, 6) is -0.250. The predicted octanol–water partition coefficient (Wildman–Crippen LogP) is 4.47. The van der Waals surface area contributed by atoms with Gasteiger partial charge in [0.1, 0.15) is 17.3 Å². The molecule has 0 fully saturated rings. The highest BCUT2D eigenvalue weighted by molar-refractivity contribution is 8.01. The molecule has 3 rings (SSSR count). The van der Waals surface area contributed by atoms with E-state index in [1.165, 1.54) is 47.2 Å². The second-order valence-corrected chi connectivity index (χ2v) is 10.1. The Morgan fingerprint density at radius 2 is 1.78 bits per heavy atom. The number of ether oxygens (including phenoxy) is 1. The van der Waals surface area contributed by atoms with Crippen LogP contribution in [0.15, 0.2) is 47.4 Å². The number of benzene rings is 2. The largest absolute Gasteiger partial charge is 0.508 e. The second-order valence-electron chi connectivity index (χ2n) is 8.35. The van der Waals surface area contributed by atoms with Crippen molar-refractivity contribution in [1.82, 2.24) is 5.32 Å². The lowest BCUT2D eigenvalue weighted by Crippen LogP contribution is -2.28. The average molecular weight is 460 g/mol. The van der Waals surface area contributed by atoms with E-state index in [1.54, 1.807) is 18.7 Å². The quantitative estimate of drug-likeness (QED) is 0.501. The molecule has 7 heteroatoms. The van der Waals surface area contributed by atoms with Gasteiger partial charge in [0.25, 0.3) is 0 Å². The first-order valence-corrected chi connectivity index (χ1v) is 11.6. The fraction of sp³-hybridized carbons (Fsp3) is 0.440. The van der Waals surface area contributed by atoms with Crippen LogP contribution >= 0.6 is 11.8 Å². The molecule has 174 valence electrons. The zero-order chi connectivity index (χ0) is 23.9. The summed E-state index contributed by atoms with van der Waals surface area (Å²) in [7, 11) is 0. The molecule has 0 radical (unpaired) electrons. The summed E-state index contributed by atoms with van der Waals surface area (Å²) in [6.07, 6.45) is 1.35. The van der Waals surface area contributed by atoms with E-state index in [4.69, 9.17) is 14.9 Å². The number of hydrogen-bond donors (Lipinski definition) is 3. The Hall–Kier alpha value is -2.51. The van der Waals surface area contributed by atoms with Crippen LogP contribution in [0.2, 0.25) is 0 Å². The van der Waals surface area contributed by atoms with E-state index in [-0.39, 0.29) is 16.3 Å². The van der Waals surface area contributed by atoms with Gasteiger partial charge in [-0.15, -0.1) is 11.8 Å². The van der Waals surface area contributed by atoms with Gasteiger partial charge in [0.05, 0.1) is 4.75 Å². The summed E-state index contributed by atoms with van der Waals surface area (Å²) in [6.45, 7) is 10.3. The van der Waals surface area contributed by atoms with Gasteiger partial charge in [-0.25, -0.2) is 4.79 Å². The molecule has 0 heterocycles. The van der Waals surface area contributed by atoms with Gasteiger partial charge in [-0.2, -0.15) is 0 Å². The molecule has 0 aliphatic heterocycles. The Labute approximate surface area is 194 Å². The van der Waals surface area contributed by atoms with Crippen molar-refractivity contribution in [2.45, 2.75) is 69.2 Å². The molecule has 0 spiro atoms. The van der Waals surface area contributed by atoms with Gasteiger partial charge >= 0.3 is 5.97 Å². The Morgan fingerprint density at radius 3 is 2.34 bits per heavy atom. The molecule has 1 unspecified atom stereocenters. The van der Waals surface area contributed by atoms with E-state index in [9.17, 15) is 9.59 Å². The van der Waals surface area contributed by atoms with Crippen LogP contribution < -0.4 is 10.1 Å². The number of Topliss-reactive ketones (excluding diaryl/α,β-unsaturated/α-hetero) is 1. The summed E-state index contributed by atoms with van der Waals surface area (Å²) in [5.41, 5.74) is 2.89. The molecule has 6 nitrogen and oxygen atoms in total. The monoisotopic (exact) mass is 459 g/mol. The van der Waals surface area contributed by atoms with Gasteiger partial charge in [0, 0.05) is 10.9 Å². The van der Waals surface area contributed by atoms with Crippen LogP contribution in [0, 0.1) is 0 Å². The minimum Gasteiger partial charge on any atom is -0.508 e. The third-order valence-electron chi connectivity index (χ3n) is 5.32. The molecule has 0 saturated heterocycles. The van der Waals surface area contributed by atoms with Gasteiger partial charge in [0.15, 0.2) is 6.10 Å². The lowest BCUT2D eigenvalue weighted by Gasteiger charge is -2.20. The number of likely N-dealkylation sites (N-methyl/N-ethyl adjacent to an activating group) is 1. The van der Waals surface area contributed by atoms with Crippen LogP contribution in [0.3, 0.4) is 0 Å². The number of phenols is 1. The molecule has 32 heavy (non-hydrogen) atoms. The zero-order valence-corrected chi connectivity index (χ0v) is 20.2. The van der Waals surface area contributed by atoms with Crippen LogP contribution in [-0.2, 0) is 22.4 Å². The van der Waals surface area contributed by atoms with Gasteiger partial charge in [-0.3, -0.25) is 4.79 Å². The minimum absolute atomic E-state index is 0.121. The zero-order valence-electron chi connectivity index (χ0n) is 19.3. The molecule has 0 amide bonds. The van der Waals surface area contributed by atoms with Crippen LogP contribution in [0.4, 0.5) is 0 Å². The van der Waals surface area contributed by atoms with E-state index in [2.05, 4.69) is 30.4 Å². The maximum atomic E-state index is 11.6. The Bertz CT molecular complexity index is 926. The number of carboxylic acid groups (broad SMARTS) is 1. The predicted molar refractivity (Wildman–Crippen MR) is 128 cm³/mol. The molecular weight excluding hydrogens is 426 g/mol. The lowest BCUT2D eigenvalue weighted by atomic mass is 10.1. The Balaban J connectivity index is 0.000000244. The fourth-order valence-electron chi connectivity index (χ4n) is 3.24. The number of thioether (sulfide) groups is 1. The van der Waals surface area contributed by atoms with Crippen molar-refractivity contribution in [2.75, 3.05) is 6.54 Å². The molecular formula is C25H33NO5S. The third-order valence-corrected chi connectivity index (χ3v) is 6.61. The van der Waals surface area contributed by atoms with Crippen LogP contribution in [0.5, 0.6) is 11.5 Å². The van der Waals surface area contributed by atoms with Crippen LogP contribution in [0.25, 0.3) is 0 Å². The van der Waals surface area contributed by atoms with Crippen molar-refractivity contribution >= 4 is 23.5 Å². The smallest absolute Gasteiger partial charge is 0.344 e. The highest BCUT2D eigenvalue weighted by Gasteiger charge is 2.26. The van der Waals surface area contributed by atoms with E-state index >= 15 is 0 Å². The molecule has 0 aromatic heterocycles. The first kappa shape index (κ1) is 25.7. The molecule has 2 aromatic rings. The SMILES string of the molecule is CCNC1Cc2ccc(SC(C)(C)C(C)=O)cc2C1.C[C@@H](Oc1ccc(O)cc1)C(=O)O. The number of nitrogens with one attached hydrogen (secondary N) is 1. The van der Waals surface area contributed by atoms with Crippen molar-refractivity contribution in [3.63, 3.8) is 0 Å². The molecule has 2 aromatic carbocycles. The first-order chi connectivity index (χ1) is 15.0. The number of aromatic hydroxyl groups is 1. The van der Waals surface area contributed by atoms with Crippen LogP contribution in [-0.4, -0.2) is 45.4 Å². The number of fused-ring (bicyclic) bond motifs is 1. The number of phenolic OH excluding ortho intramolecular Hbond substituents is 1. The standard InChI is InChI=1S/C16H23NOS.C9H10O4/c1-5-17-14-8-12-6-7-15(10-13(12)9-14)19-16(3,4)11(2)18;1-6(9(11)12)13-8-4-2-7(10)3-5-8/h6-7,10,14,17H,5,8-9H2,1-4H3;2-6,10H,1H3,(H,11,12)/t;6-/m.1/s1. The first-order valence-electron chi connectivity index (χ1n) is 10.8. The maximum Gasteiger partial charge on any atom is 0.344 e. The number of carbonyl (C=O) groups excluding carboxylic acids is 1. The third kappa shape index (κ3) is 7.57. The summed E-state index contributed by atoms with van der Waals surface area (Å²) in [6, 6.07) is 13.1. The number of carbonyl (C=O) groups is 2. The maximum absolute atomic E-state index is 11.6. The van der Waals surface area contributed by atoms with Gasteiger partial charge in [-0.1, -0.05) is 13.0 Å². The number of hydrogen-bond acceptors (Lipinski definition) is 6. The number of carboxylic acids is 1. The summed E-state index contributed by atoms with van der Waals surface area (Å²) in [5, 5.41) is 21.0. The van der Waals surface area contributed by atoms with E-state index < -0.39 is 12.1 Å². The van der Waals surface area contributed by atoms with Gasteiger partial charge < -0.3 is 20.3 Å². The Kier molecular flexibility index (Phi) is 9.16. The van der Waals surface area contributed by atoms with Crippen LogP contribution in [0.1, 0.15) is 45.7 Å². The van der Waals surface area contributed by atoms with Gasteiger partial charge in [0.2, 0.25) is 0 Å². The summed E-state index contributed by atoms with van der Waals surface area (Å²) < 4.78 is 4.68. The van der Waals surface area contributed by atoms with Crippen molar-refractivity contribution < 1.29 is 24.5 Å². The normalized spacial score (nSPS) is 15.8. The van der Waals surface area contributed by atoms with Crippen molar-refractivity contribution in [2.24, 2.45) is 0 Å². The van der Waals surface area contributed by atoms with E-state index in [0.717, 1.165) is 19.4 Å². The molecule has 1 aliphatic carbocycles. The molecule has 0 bridgehead atoms. The molecule has 3 N–H and O–H groups in total. The minimum atomic E-state index is -1.02. The highest BCUT2D eigenvalue weighted by atomic mass is 32.2. The van der Waals surface area contributed by atoms with Crippen molar-refractivity contribution in [3.8, 4) is 11.5 Å². The number of rotatable bonds is 8. The van der Waals surface area contributed by atoms with E-state index in [1.807, 2.05) is 13.8 Å². The molecule has 0 saturated carbocycles. The fourth-order valence-corrected chi connectivity index (χ4v) is 4.31. The van der Waals surface area contributed by atoms with Crippen molar-refractivity contribution in [1.29, 1.82) is 0 Å². The summed E-state index contributed by atoms with van der Waals surface area (Å²) >= 11 is 1.66.